The standard InChI is InChI=1S/C17H17N3O/c1-11-8-14(13-4-2-3-5-15(13)20-11)16(21)9-12-6-7-19-17(18)10-12/h2-8,10,16,21H,9H2,1H3,(H2,18,19). The molecule has 1 atom stereocenters. The summed E-state index contributed by atoms with van der Waals surface area (Å²) in [5, 5.41) is 11.6. The number of para-hydroxylation sites is 1. The second-order valence-electron chi connectivity index (χ2n) is 5.18. The van der Waals surface area contributed by atoms with E-state index in [9.17, 15) is 5.11 Å². The van der Waals surface area contributed by atoms with E-state index in [1.54, 1.807) is 12.3 Å². The first-order valence-corrected chi connectivity index (χ1v) is 6.88. The molecule has 0 radical (unpaired) electrons. The Morgan fingerprint density at radius 3 is 2.81 bits per heavy atom. The number of aryl methyl sites for hydroxylation is 1. The minimum absolute atomic E-state index is 0.468. The Morgan fingerprint density at radius 2 is 2.00 bits per heavy atom. The highest BCUT2D eigenvalue weighted by molar-refractivity contribution is 5.82. The lowest BCUT2D eigenvalue weighted by Gasteiger charge is -2.14. The fraction of sp³-hybridized carbons (Fsp3) is 0.176. The number of rotatable bonds is 3. The van der Waals surface area contributed by atoms with Gasteiger partial charge in [0.1, 0.15) is 5.82 Å². The van der Waals surface area contributed by atoms with E-state index >= 15 is 0 Å². The number of fused-ring (bicyclic) bond motifs is 1. The van der Waals surface area contributed by atoms with Gasteiger partial charge in [-0.3, -0.25) is 4.98 Å². The quantitative estimate of drug-likeness (QED) is 0.773. The molecule has 2 heterocycles. The average molecular weight is 279 g/mol. The number of aliphatic hydroxyl groups is 1. The van der Waals surface area contributed by atoms with Crippen LogP contribution in [0.3, 0.4) is 0 Å². The van der Waals surface area contributed by atoms with E-state index in [1.807, 2.05) is 43.3 Å². The van der Waals surface area contributed by atoms with Crippen LogP contribution in [0.4, 0.5) is 5.82 Å². The van der Waals surface area contributed by atoms with Crippen molar-refractivity contribution in [2.24, 2.45) is 0 Å². The molecular formula is C17H17N3O. The van der Waals surface area contributed by atoms with Crippen LogP contribution in [0.15, 0.2) is 48.7 Å². The molecule has 2 aromatic heterocycles. The molecule has 0 bridgehead atoms. The Hall–Kier alpha value is -2.46. The van der Waals surface area contributed by atoms with Gasteiger partial charge in [-0.1, -0.05) is 18.2 Å². The highest BCUT2D eigenvalue weighted by Gasteiger charge is 2.13. The predicted octanol–water partition coefficient (Wildman–Crippen LogP) is 2.80. The van der Waals surface area contributed by atoms with E-state index in [-0.39, 0.29) is 0 Å². The summed E-state index contributed by atoms with van der Waals surface area (Å²) in [4.78, 5) is 8.47. The van der Waals surface area contributed by atoms with Gasteiger partial charge in [-0.15, -0.1) is 0 Å². The number of hydrogen-bond acceptors (Lipinski definition) is 4. The van der Waals surface area contributed by atoms with Gasteiger partial charge in [-0.2, -0.15) is 0 Å². The number of nitrogen functional groups attached to an aromatic ring is 1. The molecule has 0 saturated heterocycles. The zero-order valence-corrected chi connectivity index (χ0v) is 11.8. The predicted molar refractivity (Wildman–Crippen MR) is 83.8 cm³/mol. The second kappa shape index (κ2) is 5.50. The minimum atomic E-state index is -0.599. The van der Waals surface area contributed by atoms with Gasteiger partial charge in [0.15, 0.2) is 0 Å². The van der Waals surface area contributed by atoms with Crippen molar-refractivity contribution in [3.63, 3.8) is 0 Å². The zero-order valence-electron chi connectivity index (χ0n) is 11.8. The number of benzene rings is 1. The number of nitrogens with zero attached hydrogens (tertiary/aromatic N) is 2. The Labute approximate surface area is 123 Å². The van der Waals surface area contributed by atoms with E-state index in [1.165, 1.54) is 0 Å². The Balaban J connectivity index is 1.99. The van der Waals surface area contributed by atoms with Crippen LogP contribution in [0.5, 0.6) is 0 Å². The molecule has 3 N–H and O–H groups in total. The van der Waals surface area contributed by atoms with E-state index in [2.05, 4.69) is 9.97 Å². The molecule has 3 rings (SSSR count). The van der Waals surface area contributed by atoms with Crippen molar-refractivity contribution in [3.8, 4) is 0 Å². The topological polar surface area (TPSA) is 72.0 Å². The molecule has 0 aliphatic carbocycles. The molecule has 1 unspecified atom stereocenters. The summed E-state index contributed by atoms with van der Waals surface area (Å²) in [6.45, 7) is 1.94. The van der Waals surface area contributed by atoms with Crippen LogP contribution in [-0.2, 0) is 6.42 Å². The summed E-state index contributed by atoms with van der Waals surface area (Å²) in [5.41, 5.74) is 9.35. The lowest BCUT2D eigenvalue weighted by molar-refractivity contribution is 0.180. The molecule has 0 fully saturated rings. The summed E-state index contributed by atoms with van der Waals surface area (Å²) in [6, 6.07) is 13.5. The summed E-state index contributed by atoms with van der Waals surface area (Å²) in [5.74, 6) is 0.468. The fourth-order valence-corrected chi connectivity index (χ4v) is 2.57. The summed E-state index contributed by atoms with van der Waals surface area (Å²) in [7, 11) is 0. The van der Waals surface area contributed by atoms with Gasteiger partial charge in [-0.25, -0.2) is 4.98 Å². The number of anilines is 1. The van der Waals surface area contributed by atoms with Crippen LogP contribution >= 0.6 is 0 Å². The summed E-state index contributed by atoms with van der Waals surface area (Å²) in [6.07, 6.45) is 1.56. The van der Waals surface area contributed by atoms with Crippen LogP contribution in [0, 0.1) is 6.92 Å². The van der Waals surface area contributed by atoms with Crippen molar-refractivity contribution in [1.82, 2.24) is 9.97 Å². The monoisotopic (exact) mass is 279 g/mol. The second-order valence-corrected chi connectivity index (χ2v) is 5.18. The van der Waals surface area contributed by atoms with Crippen molar-refractivity contribution in [1.29, 1.82) is 0 Å². The van der Waals surface area contributed by atoms with Crippen molar-refractivity contribution >= 4 is 16.7 Å². The SMILES string of the molecule is Cc1cc(C(O)Cc2ccnc(N)c2)c2ccccc2n1. The highest BCUT2D eigenvalue weighted by Crippen LogP contribution is 2.26. The van der Waals surface area contributed by atoms with Gasteiger partial charge in [0.05, 0.1) is 11.6 Å². The van der Waals surface area contributed by atoms with E-state index < -0.39 is 6.10 Å². The highest BCUT2D eigenvalue weighted by atomic mass is 16.3. The van der Waals surface area contributed by atoms with Crippen LogP contribution in [0.2, 0.25) is 0 Å². The lowest BCUT2D eigenvalue weighted by Crippen LogP contribution is -2.05. The first kappa shape index (κ1) is 13.5. The maximum atomic E-state index is 10.6. The van der Waals surface area contributed by atoms with Crippen LogP contribution in [0.25, 0.3) is 10.9 Å². The summed E-state index contributed by atoms with van der Waals surface area (Å²) < 4.78 is 0. The molecule has 4 nitrogen and oxygen atoms in total. The van der Waals surface area contributed by atoms with Gasteiger partial charge in [0.2, 0.25) is 0 Å². The molecule has 0 saturated carbocycles. The number of nitrogens with two attached hydrogens (primary N) is 1. The molecule has 106 valence electrons. The van der Waals surface area contributed by atoms with Gasteiger partial charge >= 0.3 is 0 Å². The first-order chi connectivity index (χ1) is 10.1. The van der Waals surface area contributed by atoms with Crippen molar-refractivity contribution < 1.29 is 5.11 Å². The van der Waals surface area contributed by atoms with Gasteiger partial charge in [-0.05, 0) is 42.3 Å². The summed E-state index contributed by atoms with van der Waals surface area (Å²) >= 11 is 0. The number of aromatic nitrogens is 2. The molecule has 0 aliphatic heterocycles. The molecular weight excluding hydrogens is 262 g/mol. The fourth-order valence-electron chi connectivity index (χ4n) is 2.57. The first-order valence-electron chi connectivity index (χ1n) is 6.88. The molecule has 1 aromatic carbocycles. The zero-order chi connectivity index (χ0) is 14.8. The molecule has 0 amide bonds. The average Bonchev–Trinajstić information content (AvgIpc) is 2.46. The molecule has 21 heavy (non-hydrogen) atoms. The van der Waals surface area contributed by atoms with E-state index in [4.69, 9.17) is 5.73 Å². The Morgan fingerprint density at radius 1 is 1.19 bits per heavy atom. The third kappa shape index (κ3) is 2.85. The largest absolute Gasteiger partial charge is 0.388 e. The normalized spacial score (nSPS) is 12.5. The third-order valence-corrected chi connectivity index (χ3v) is 3.51. The third-order valence-electron chi connectivity index (χ3n) is 3.51. The van der Waals surface area contributed by atoms with Crippen LogP contribution in [0.1, 0.15) is 22.9 Å². The smallest absolute Gasteiger partial charge is 0.123 e. The number of aliphatic hydroxyl groups excluding tert-OH is 1. The van der Waals surface area contributed by atoms with Gasteiger partial charge in [0.25, 0.3) is 0 Å². The molecule has 0 spiro atoms. The number of pyridine rings is 2. The van der Waals surface area contributed by atoms with E-state index in [0.717, 1.165) is 27.7 Å². The number of hydrogen-bond donors (Lipinski definition) is 2. The Bertz CT molecular complexity index is 786. The van der Waals surface area contributed by atoms with Crippen LogP contribution in [-0.4, -0.2) is 15.1 Å². The molecule has 4 heteroatoms. The van der Waals surface area contributed by atoms with Crippen molar-refractivity contribution in [2.45, 2.75) is 19.4 Å². The van der Waals surface area contributed by atoms with Gasteiger partial charge in [0, 0.05) is 23.7 Å². The molecule has 0 aliphatic rings. The van der Waals surface area contributed by atoms with Crippen molar-refractivity contribution in [3.05, 3.63) is 65.5 Å². The lowest BCUT2D eigenvalue weighted by atomic mass is 9.98. The minimum Gasteiger partial charge on any atom is -0.388 e. The van der Waals surface area contributed by atoms with Gasteiger partial charge < -0.3 is 10.8 Å². The maximum absolute atomic E-state index is 10.6. The van der Waals surface area contributed by atoms with Crippen molar-refractivity contribution in [2.75, 3.05) is 5.73 Å². The Kier molecular flexibility index (Phi) is 3.54. The van der Waals surface area contributed by atoms with E-state index in [0.29, 0.717) is 12.2 Å². The van der Waals surface area contributed by atoms with Crippen LogP contribution < -0.4 is 5.73 Å². The maximum Gasteiger partial charge on any atom is 0.123 e. The molecule has 3 aromatic rings.